The molecular formula is C27H22FN7O. The molecular weight excluding hydrogens is 457 g/mol. The SMILES string of the molecule is COc1cc(F)cc(-c2cncc3[nH]c(C4=N[C@H](C)Nc5ccc(-c6cncc(N)c6)nc54)cc23)c1. The van der Waals surface area contributed by atoms with E-state index in [2.05, 4.69) is 20.3 Å². The minimum absolute atomic E-state index is 0.148. The number of hydrogen-bond donors (Lipinski definition) is 3. The second-order valence-corrected chi connectivity index (χ2v) is 8.61. The molecule has 4 aromatic heterocycles. The highest BCUT2D eigenvalue weighted by Crippen LogP contribution is 2.34. The fraction of sp³-hybridized carbons (Fsp3) is 0.111. The molecule has 0 radical (unpaired) electrons. The van der Waals surface area contributed by atoms with Gasteiger partial charge in [-0.25, -0.2) is 9.37 Å². The maximum atomic E-state index is 14.3. The van der Waals surface area contributed by atoms with Crippen molar-refractivity contribution in [2.75, 3.05) is 18.2 Å². The summed E-state index contributed by atoms with van der Waals surface area (Å²) in [5.74, 6) is 0.0615. The third-order valence-corrected chi connectivity index (χ3v) is 6.08. The number of methoxy groups -OCH3 is 1. The molecule has 6 rings (SSSR count). The van der Waals surface area contributed by atoms with Crippen molar-refractivity contribution >= 4 is 28.0 Å². The van der Waals surface area contributed by atoms with E-state index in [9.17, 15) is 4.39 Å². The molecule has 178 valence electrons. The van der Waals surface area contributed by atoms with Crippen molar-refractivity contribution < 1.29 is 9.13 Å². The van der Waals surface area contributed by atoms with Crippen LogP contribution in [-0.4, -0.2) is 38.9 Å². The standard InChI is InChI=1S/C27H22FN7O/c1-14-32-23-4-3-22(16-6-18(29)11-30-10-16)35-26(23)27(33-14)24-9-20-21(12-31-13-25(20)34-24)15-5-17(28)8-19(7-15)36-2/h3-14,32,34H,29H2,1-2H3/t14-/m1/s1. The molecule has 5 aromatic rings. The summed E-state index contributed by atoms with van der Waals surface area (Å²) in [5, 5.41) is 4.26. The van der Waals surface area contributed by atoms with Crippen LogP contribution in [0.25, 0.3) is 33.3 Å². The van der Waals surface area contributed by atoms with Crippen molar-refractivity contribution in [3.63, 3.8) is 0 Å². The van der Waals surface area contributed by atoms with Gasteiger partial charge in [-0.3, -0.25) is 15.0 Å². The Bertz CT molecular complexity index is 1660. The first-order valence-electron chi connectivity index (χ1n) is 11.4. The number of nitrogens with two attached hydrogens (primary N) is 1. The Morgan fingerprint density at radius 2 is 1.83 bits per heavy atom. The number of nitrogens with one attached hydrogen (secondary N) is 2. The number of aliphatic imine (C=N–C) groups is 1. The third-order valence-electron chi connectivity index (χ3n) is 6.08. The number of aromatic nitrogens is 4. The lowest BCUT2D eigenvalue weighted by Crippen LogP contribution is -2.25. The van der Waals surface area contributed by atoms with E-state index in [0.717, 1.165) is 39.1 Å². The van der Waals surface area contributed by atoms with E-state index in [1.54, 1.807) is 30.9 Å². The van der Waals surface area contributed by atoms with E-state index < -0.39 is 0 Å². The number of rotatable bonds is 4. The average Bonchev–Trinajstić information content (AvgIpc) is 3.32. The van der Waals surface area contributed by atoms with Crippen LogP contribution in [0.15, 0.2) is 72.2 Å². The number of aromatic amines is 1. The van der Waals surface area contributed by atoms with Crippen LogP contribution in [0.1, 0.15) is 18.3 Å². The van der Waals surface area contributed by atoms with E-state index >= 15 is 0 Å². The number of nitrogens with zero attached hydrogens (tertiary/aromatic N) is 4. The molecule has 4 N–H and O–H groups in total. The zero-order valence-electron chi connectivity index (χ0n) is 19.6. The highest BCUT2D eigenvalue weighted by Gasteiger charge is 2.23. The number of hydrogen-bond acceptors (Lipinski definition) is 7. The molecule has 9 heteroatoms. The maximum absolute atomic E-state index is 14.3. The number of halogens is 1. The molecule has 0 unspecified atom stereocenters. The molecule has 1 aliphatic heterocycles. The molecule has 5 heterocycles. The summed E-state index contributed by atoms with van der Waals surface area (Å²) in [6.07, 6.45) is 6.65. The largest absolute Gasteiger partial charge is 0.497 e. The van der Waals surface area contributed by atoms with Gasteiger partial charge in [-0.2, -0.15) is 0 Å². The number of H-pyrrole nitrogens is 1. The van der Waals surface area contributed by atoms with Crippen molar-refractivity contribution in [2.24, 2.45) is 4.99 Å². The lowest BCUT2D eigenvalue weighted by Gasteiger charge is -2.22. The van der Waals surface area contributed by atoms with E-state index in [1.807, 2.05) is 31.2 Å². The fourth-order valence-corrected chi connectivity index (χ4v) is 4.47. The predicted molar refractivity (Wildman–Crippen MR) is 139 cm³/mol. The summed E-state index contributed by atoms with van der Waals surface area (Å²) < 4.78 is 19.5. The van der Waals surface area contributed by atoms with Gasteiger partial charge in [0.1, 0.15) is 29.1 Å². The molecule has 0 saturated heterocycles. The van der Waals surface area contributed by atoms with Crippen LogP contribution < -0.4 is 15.8 Å². The van der Waals surface area contributed by atoms with Crippen molar-refractivity contribution in [3.8, 4) is 28.1 Å². The molecule has 36 heavy (non-hydrogen) atoms. The summed E-state index contributed by atoms with van der Waals surface area (Å²) in [6.45, 7) is 1.98. The second-order valence-electron chi connectivity index (χ2n) is 8.61. The fourth-order valence-electron chi connectivity index (χ4n) is 4.47. The Labute approximate surface area is 206 Å². The van der Waals surface area contributed by atoms with Gasteiger partial charge < -0.3 is 20.8 Å². The molecule has 0 spiro atoms. The zero-order chi connectivity index (χ0) is 24.8. The predicted octanol–water partition coefficient (Wildman–Crippen LogP) is 5.03. The highest BCUT2D eigenvalue weighted by molar-refractivity contribution is 6.17. The van der Waals surface area contributed by atoms with Gasteiger partial charge in [0.2, 0.25) is 0 Å². The van der Waals surface area contributed by atoms with Crippen LogP contribution in [0.4, 0.5) is 15.8 Å². The van der Waals surface area contributed by atoms with Crippen LogP contribution in [0, 0.1) is 5.82 Å². The van der Waals surface area contributed by atoms with Gasteiger partial charge in [-0.1, -0.05) is 0 Å². The smallest absolute Gasteiger partial charge is 0.127 e. The summed E-state index contributed by atoms with van der Waals surface area (Å²) in [5.41, 5.74) is 13.4. The monoisotopic (exact) mass is 479 g/mol. The van der Waals surface area contributed by atoms with Crippen LogP contribution in [0.3, 0.4) is 0 Å². The minimum Gasteiger partial charge on any atom is -0.497 e. The molecule has 1 aromatic carbocycles. The molecule has 0 amide bonds. The summed E-state index contributed by atoms with van der Waals surface area (Å²) in [7, 11) is 1.51. The van der Waals surface area contributed by atoms with Crippen molar-refractivity contribution in [3.05, 3.63) is 84.5 Å². The Kier molecular flexibility index (Phi) is 5.10. The van der Waals surface area contributed by atoms with Gasteiger partial charge in [-0.05, 0) is 48.9 Å². The Morgan fingerprint density at radius 1 is 0.972 bits per heavy atom. The zero-order valence-corrected chi connectivity index (χ0v) is 19.6. The van der Waals surface area contributed by atoms with Gasteiger partial charge in [0, 0.05) is 41.2 Å². The second kappa shape index (κ2) is 8.46. The number of anilines is 2. The van der Waals surface area contributed by atoms with E-state index in [0.29, 0.717) is 28.4 Å². The molecule has 1 atom stereocenters. The first kappa shape index (κ1) is 21.7. The Balaban J connectivity index is 1.49. The minimum atomic E-state index is -0.379. The van der Waals surface area contributed by atoms with Gasteiger partial charge in [0.05, 0.1) is 41.6 Å². The van der Waals surface area contributed by atoms with E-state index in [-0.39, 0.29) is 12.0 Å². The van der Waals surface area contributed by atoms with Gasteiger partial charge in [0.25, 0.3) is 0 Å². The first-order chi connectivity index (χ1) is 17.5. The highest BCUT2D eigenvalue weighted by atomic mass is 19.1. The first-order valence-corrected chi connectivity index (χ1v) is 11.4. The van der Waals surface area contributed by atoms with E-state index in [1.165, 1.54) is 19.2 Å². The Hall–Kier alpha value is -4.79. The summed E-state index contributed by atoms with van der Waals surface area (Å²) >= 11 is 0. The van der Waals surface area contributed by atoms with E-state index in [4.69, 9.17) is 20.4 Å². The normalized spacial score (nSPS) is 14.8. The Morgan fingerprint density at radius 3 is 2.67 bits per heavy atom. The topological polar surface area (TPSA) is 114 Å². The average molecular weight is 480 g/mol. The maximum Gasteiger partial charge on any atom is 0.127 e. The number of fused-ring (bicyclic) bond motifs is 2. The number of benzene rings is 1. The van der Waals surface area contributed by atoms with Crippen molar-refractivity contribution in [2.45, 2.75) is 13.1 Å². The molecule has 1 aliphatic rings. The van der Waals surface area contributed by atoms with Crippen LogP contribution in [-0.2, 0) is 0 Å². The van der Waals surface area contributed by atoms with Crippen LogP contribution in [0.5, 0.6) is 5.75 Å². The molecule has 0 aliphatic carbocycles. The van der Waals surface area contributed by atoms with Gasteiger partial charge in [-0.15, -0.1) is 0 Å². The number of nitrogen functional groups attached to an aromatic ring is 1. The molecule has 0 saturated carbocycles. The quantitative estimate of drug-likeness (QED) is 0.333. The van der Waals surface area contributed by atoms with Crippen LogP contribution >= 0.6 is 0 Å². The van der Waals surface area contributed by atoms with Gasteiger partial charge >= 0.3 is 0 Å². The molecule has 0 bridgehead atoms. The van der Waals surface area contributed by atoms with Crippen molar-refractivity contribution in [1.82, 2.24) is 19.9 Å². The van der Waals surface area contributed by atoms with Crippen molar-refractivity contribution in [1.29, 1.82) is 0 Å². The number of pyridine rings is 3. The van der Waals surface area contributed by atoms with Crippen LogP contribution in [0.2, 0.25) is 0 Å². The number of ether oxygens (including phenoxy) is 1. The summed E-state index contributed by atoms with van der Waals surface area (Å²) in [4.78, 5) is 21.8. The molecule has 0 fully saturated rings. The summed E-state index contributed by atoms with van der Waals surface area (Å²) in [6, 6.07) is 12.4. The van der Waals surface area contributed by atoms with Gasteiger partial charge in [0.15, 0.2) is 0 Å². The molecule has 8 nitrogen and oxygen atoms in total. The third kappa shape index (κ3) is 3.80. The lowest BCUT2D eigenvalue weighted by molar-refractivity contribution is 0.411. The lowest BCUT2D eigenvalue weighted by atomic mass is 10.0.